The normalized spacial score (nSPS) is 43.4. The van der Waals surface area contributed by atoms with Gasteiger partial charge in [0.15, 0.2) is 0 Å². The van der Waals surface area contributed by atoms with Crippen LogP contribution in [0.4, 0.5) is 0 Å². The van der Waals surface area contributed by atoms with Crippen molar-refractivity contribution < 1.29 is 9.53 Å². The Labute approximate surface area is 143 Å². The summed E-state index contributed by atoms with van der Waals surface area (Å²) in [5, 5.41) is 0. The van der Waals surface area contributed by atoms with Crippen molar-refractivity contribution in [3.8, 4) is 0 Å². The Balaban J connectivity index is 1.52. The van der Waals surface area contributed by atoms with Crippen molar-refractivity contribution in [3.05, 3.63) is 10.6 Å². The first-order valence-corrected chi connectivity index (χ1v) is 9.96. The molecule has 3 rings (SSSR count). The zero-order chi connectivity index (χ0) is 15.7. The van der Waals surface area contributed by atoms with E-state index < -0.39 is 0 Å². The molecule has 5 unspecified atom stereocenters. The molecule has 0 aromatic rings. The van der Waals surface area contributed by atoms with E-state index in [0.29, 0.717) is 5.41 Å². The van der Waals surface area contributed by atoms with Crippen molar-refractivity contribution >= 4 is 21.9 Å². The lowest BCUT2D eigenvalue weighted by Crippen LogP contribution is -2.33. The van der Waals surface area contributed by atoms with Crippen LogP contribution in [-0.2, 0) is 9.53 Å². The Hall–Kier alpha value is -0.310. The number of fused-ring (bicyclic) bond motifs is 1. The third-order valence-corrected chi connectivity index (χ3v) is 7.27. The van der Waals surface area contributed by atoms with Crippen molar-refractivity contribution in [1.29, 1.82) is 0 Å². The Morgan fingerprint density at radius 2 is 2.18 bits per heavy atom. The van der Waals surface area contributed by atoms with Crippen LogP contribution in [-0.4, -0.2) is 12.1 Å². The molecule has 0 bridgehead atoms. The molecule has 1 saturated heterocycles. The number of halogens is 1. The van der Waals surface area contributed by atoms with Gasteiger partial charge in [-0.25, -0.2) is 0 Å². The number of cyclic esters (lactones) is 1. The number of allylic oxidation sites excluding steroid dienone is 1. The molecule has 2 aliphatic carbocycles. The molecule has 124 valence electrons. The van der Waals surface area contributed by atoms with Crippen LogP contribution in [0.2, 0.25) is 0 Å². The van der Waals surface area contributed by atoms with Gasteiger partial charge < -0.3 is 4.74 Å². The molecule has 2 nitrogen and oxygen atoms in total. The Morgan fingerprint density at radius 1 is 1.36 bits per heavy atom. The summed E-state index contributed by atoms with van der Waals surface area (Å²) in [6.07, 6.45) is 11.5. The third-order valence-electron chi connectivity index (χ3n) is 6.68. The molecule has 3 fully saturated rings. The van der Waals surface area contributed by atoms with E-state index in [1.165, 1.54) is 44.9 Å². The molecule has 0 amide bonds. The Kier molecular flexibility index (Phi) is 5.01. The minimum atomic E-state index is 0.0114. The van der Waals surface area contributed by atoms with Gasteiger partial charge in [0.25, 0.3) is 0 Å². The van der Waals surface area contributed by atoms with Crippen LogP contribution >= 0.6 is 15.9 Å². The predicted octanol–water partition coefficient (Wildman–Crippen LogP) is 5.60. The molecule has 0 aromatic carbocycles. The predicted molar refractivity (Wildman–Crippen MR) is 92.7 cm³/mol. The maximum Gasteiger partial charge on any atom is 0.309 e. The summed E-state index contributed by atoms with van der Waals surface area (Å²) in [7, 11) is 0. The van der Waals surface area contributed by atoms with E-state index in [0.717, 1.165) is 24.7 Å². The first-order valence-electron chi connectivity index (χ1n) is 9.04. The number of carbonyl (C=O) groups is 1. The molecule has 0 radical (unpaired) electrons. The molecule has 0 aromatic heterocycles. The van der Waals surface area contributed by atoms with Gasteiger partial charge in [0.1, 0.15) is 6.10 Å². The number of ether oxygens (including phenoxy) is 1. The van der Waals surface area contributed by atoms with Crippen molar-refractivity contribution in [2.45, 2.75) is 77.7 Å². The molecular formula is C19H29BrO2. The van der Waals surface area contributed by atoms with E-state index in [-0.39, 0.29) is 18.0 Å². The van der Waals surface area contributed by atoms with Crippen molar-refractivity contribution in [2.75, 3.05) is 0 Å². The number of hydrogen-bond acceptors (Lipinski definition) is 2. The van der Waals surface area contributed by atoms with Gasteiger partial charge in [0.2, 0.25) is 0 Å². The number of rotatable bonds is 4. The molecule has 3 aliphatic rings. The van der Waals surface area contributed by atoms with Crippen LogP contribution in [0.1, 0.15) is 71.6 Å². The van der Waals surface area contributed by atoms with Gasteiger partial charge in [-0.1, -0.05) is 35.4 Å². The van der Waals surface area contributed by atoms with Crippen molar-refractivity contribution in [1.82, 2.24) is 0 Å². The van der Waals surface area contributed by atoms with Gasteiger partial charge in [0, 0.05) is 0 Å². The second-order valence-electron chi connectivity index (χ2n) is 8.00. The summed E-state index contributed by atoms with van der Waals surface area (Å²) in [6.45, 7) is 4.52. The van der Waals surface area contributed by atoms with Crippen LogP contribution in [0.5, 0.6) is 0 Å². The SMILES string of the molecule is CC1CC(CCCC2CCC3/C(=C/Br)CCCC23C)OC1=O. The second-order valence-corrected chi connectivity index (χ2v) is 8.45. The lowest BCUT2D eigenvalue weighted by molar-refractivity contribution is -0.144. The average molecular weight is 369 g/mol. The topological polar surface area (TPSA) is 26.3 Å². The molecule has 1 aliphatic heterocycles. The van der Waals surface area contributed by atoms with Crippen LogP contribution < -0.4 is 0 Å². The summed E-state index contributed by atoms with van der Waals surface area (Å²) in [4.78, 5) is 13.7. The van der Waals surface area contributed by atoms with Gasteiger partial charge in [-0.3, -0.25) is 4.79 Å². The summed E-state index contributed by atoms with van der Waals surface area (Å²) >= 11 is 3.59. The molecule has 22 heavy (non-hydrogen) atoms. The maximum absolute atomic E-state index is 11.5. The molecule has 0 spiro atoms. The zero-order valence-electron chi connectivity index (χ0n) is 13.9. The number of carbonyl (C=O) groups excluding carboxylic acids is 1. The minimum absolute atomic E-state index is 0.0114. The fraction of sp³-hybridized carbons (Fsp3) is 0.842. The maximum atomic E-state index is 11.5. The molecular weight excluding hydrogens is 340 g/mol. The van der Waals surface area contributed by atoms with Gasteiger partial charge in [0.05, 0.1) is 5.92 Å². The Bertz CT molecular complexity index is 458. The van der Waals surface area contributed by atoms with E-state index in [9.17, 15) is 4.79 Å². The molecule has 0 N–H and O–H groups in total. The van der Waals surface area contributed by atoms with Gasteiger partial charge in [-0.05, 0) is 80.0 Å². The first-order chi connectivity index (χ1) is 10.5. The molecule has 3 heteroatoms. The average Bonchev–Trinajstić information content (AvgIpc) is 2.99. The highest BCUT2D eigenvalue weighted by atomic mass is 79.9. The fourth-order valence-corrected chi connectivity index (χ4v) is 5.89. The van der Waals surface area contributed by atoms with E-state index >= 15 is 0 Å². The standard InChI is InChI=1S/C19H29BrO2/c1-13-11-16(22-18(13)21)7-3-6-15-8-9-17-14(12-20)5-4-10-19(15,17)2/h12-13,15-17H,3-11H2,1-2H3/b14-12+. The minimum Gasteiger partial charge on any atom is -0.462 e. The summed E-state index contributed by atoms with van der Waals surface area (Å²) in [6, 6.07) is 0. The van der Waals surface area contributed by atoms with E-state index in [1.54, 1.807) is 5.57 Å². The fourth-order valence-electron chi connectivity index (χ4n) is 5.34. The van der Waals surface area contributed by atoms with Crippen molar-refractivity contribution in [2.24, 2.45) is 23.2 Å². The van der Waals surface area contributed by atoms with Crippen LogP contribution in [0.25, 0.3) is 0 Å². The first kappa shape index (κ1) is 16.5. The van der Waals surface area contributed by atoms with E-state index in [1.807, 2.05) is 6.92 Å². The van der Waals surface area contributed by atoms with Crippen LogP contribution in [0.15, 0.2) is 10.6 Å². The van der Waals surface area contributed by atoms with Gasteiger partial charge >= 0.3 is 5.97 Å². The van der Waals surface area contributed by atoms with Gasteiger partial charge in [-0.2, -0.15) is 0 Å². The van der Waals surface area contributed by atoms with Crippen LogP contribution in [0, 0.1) is 23.2 Å². The Morgan fingerprint density at radius 3 is 2.86 bits per heavy atom. The largest absolute Gasteiger partial charge is 0.462 e. The lowest BCUT2D eigenvalue weighted by Gasteiger charge is -2.42. The van der Waals surface area contributed by atoms with E-state index in [4.69, 9.17) is 4.74 Å². The highest BCUT2D eigenvalue weighted by Gasteiger charge is 2.48. The van der Waals surface area contributed by atoms with Gasteiger partial charge in [-0.15, -0.1) is 0 Å². The summed E-state index contributed by atoms with van der Waals surface area (Å²) < 4.78 is 5.45. The van der Waals surface area contributed by atoms with E-state index in [2.05, 4.69) is 27.8 Å². The number of hydrogen-bond donors (Lipinski definition) is 0. The summed E-state index contributed by atoms with van der Waals surface area (Å²) in [5.41, 5.74) is 2.16. The molecule has 1 heterocycles. The highest BCUT2D eigenvalue weighted by Crippen LogP contribution is 2.58. The summed E-state index contributed by atoms with van der Waals surface area (Å²) in [5.74, 6) is 1.78. The third kappa shape index (κ3) is 3.02. The monoisotopic (exact) mass is 368 g/mol. The smallest absolute Gasteiger partial charge is 0.309 e. The molecule has 2 saturated carbocycles. The quantitative estimate of drug-likeness (QED) is 0.603. The van der Waals surface area contributed by atoms with Crippen molar-refractivity contribution in [3.63, 3.8) is 0 Å². The number of esters is 1. The second kappa shape index (κ2) is 6.67. The highest BCUT2D eigenvalue weighted by molar-refractivity contribution is 9.11. The van der Waals surface area contributed by atoms with Crippen LogP contribution in [0.3, 0.4) is 0 Å². The zero-order valence-corrected chi connectivity index (χ0v) is 15.5. The molecule has 5 atom stereocenters. The lowest BCUT2D eigenvalue weighted by atomic mass is 9.63.